The quantitative estimate of drug-likeness (QED) is 0.551. The smallest absolute Gasteiger partial charge is 0.227 e. The van der Waals surface area contributed by atoms with Gasteiger partial charge in [0.15, 0.2) is 0 Å². The number of carbonyl (C=O) groups is 1. The Morgan fingerprint density at radius 2 is 2.03 bits per heavy atom. The molecule has 0 spiro atoms. The molecular formula is C25H28ClN3O2. The van der Waals surface area contributed by atoms with Gasteiger partial charge in [0.2, 0.25) is 5.91 Å². The van der Waals surface area contributed by atoms with Crippen molar-refractivity contribution in [3.8, 4) is 0 Å². The topological polar surface area (TPSA) is 59.2 Å². The molecule has 0 N–H and O–H groups in total. The van der Waals surface area contributed by atoms with Crippen LogP contribution in [0.15, 0.2) is 40.9 Å². The summed E-state index contributed by atoms with van der Waals surface area (Å²) < 4.78 is 5.22. The van der Waals surface area contributed by atoms with Crippen molar-refractivity contribution in [3.05, 3.63) is 81.0 Å². The maximum absolute atomic E-state index is 13.0. The van der Waals surface area contributed by atoms with Crippen LogP contribution in [-0.4, -0.2) is 34.0 Å². The largest absolute Gasteiger partial charge is 0.361 e. The Morgan fingerprint density at radius 1 is 1.23 bits per heavy atom. The summed E-state index contributed by atoms with van der Waals surface area (Å²) in [4.78, 5) is 19.8. The number of halogens is 1. The second kappa shape index (κ2) is 9.23. The van der Waals surface area contributed by atoms with E-state index in [0.29, 0.717) is 13.0 Å². The zero-order valence-electron chi connectivity index (χ0n) is 18.3. The molecule has 1 saturated heterocycles. The van der Waals surface area contributed by atoms with Crippen LogP contribution in [0.1, 0.15) is 58.3 Å². The zero-order chi connectivity index (χ0) is 22.0. The van der Waals surface area contributed by atoms with Crippen molar-refractivity contribution in [2.24, 2.45) is 0 Å². The van der Waals surface area contributed by atoms with E-state index in [2.05, 4.69) is 23.4 Å². The molecule has 3 heterocycles. The van der Waals surface area contributed by atoms with Gasteiger partial charge in [0.25, 0.3) is 0 Å². The Kier molecular flexibility index (Phi) is 6.42. The van der Waals surface area contributed by atoms with Crippen molar-refractivity contribution in [2.75, 3.05) is 13.1 Å². The fourth-order valence-corrected chi connectivity index (χ4v) is 4.61. The van der Waals surface area contributed by atoms with E-state index >= 15 is 0 Å². The summed E-state index contributed by atoms with van der Waals surface area (Å²) >= 11 is 6.37. The lowest BCUT2D eigenvalue weighted by Crippen LogP contribution is -2.40. The van der Waals surface area contributed by atoms with E-state index in [-0.39, 0.29) is 11.8 Å². The average Bonchev–Trinajstić information content (AvgIpc) is 3.07. The number of pyridine rings is 1. The Labute approximate surface area is 188 Å². The van der Waals surface area contributed by atoms with E-state index in [4.69, 9.17) is 21.1 Å². The van der Waals surface area contributed by atoms with Gasteiger partial charge in [0.05, 0.1) is 12.1 Å². The van der Waals surface area contributed by atoms with Crippen LogP contribution in [0.3, 0.4) is 0 Å². The van der Waals surface area contributed by atoms with Crippen molar-refractivity contribution < 1.29 is 9.32 Å². The molecule has 1 aliphatic rings. The van der Waals surface area contributed by atoms with Crippen LogP contribution in [0.25, 0.3) is 0 Å². The Bertz CT molecular complexity index is 1070. The lowest BCUT2D eigenvalue weighted by Gasteiger charge is -2.33. The Balaban J connectivity index is 1.49. The molecule has 1 aliphatic heterocycles. The minimum Gasteiger partial charge on any atom is -0.361 e. The Morgan fingerprint density at radius 3 is 2.77 bits per heavy atom. The van der Waals surface area contributed by atoms with Gasteiger partial charge in [-0.2, -0.15) is 0 Å². The van der Waals surface area contributed by atoms with Gasteiger partial charge in [0.1, 0.15) is 5.76 Å². The molecule has 2 aromatic heterocycles. The highest BCUT2D eigenvalue weighted by molar-refractivity contribution is 6.31. The van der Waals surface area contributed by atoms with E-state index in [1.807, 2.05) is 43.9 Å². The number of nitrogens with zero attached hydrogens (tertiary/aromatic N) is 3. The summed E-state index contributed by atoms with van der Waals surface area (Å²) in [5, 5.41) is 4.76. The number of hydrogen-bond donors (Lipinski definition) is 0. The van der Waals surface area contributed by atoms with Crippen molar-refractivity contribution in [1.82, 2.24) is 15.0 Å². The first kappa shape index (κ1) is 21.6. The number of amides is 1. The molecule has 1 unspecified atom stereocenters. The summed E-state index contributed by atoms with van der Waals surface area (Å²) in [5.41, 5.74) is 6.08. The van der Waals surface area contributed by atoms with Crippen LogP contribution in [0.5, 0.6) is 0 Å². The second-order valence-corrected chi connectivity index (χ2v) is 8.88. The van der Waals surface area contributed by atoms with Crippen molar-refractivity contribution in [1.29, 1.82) is 0 Å². The van der Waals surface area contributed by atoms with Gasteiger partial charge < -0.3 is 9.42 Å². The van der Waals surface area contributed by atoms with E-state index in [1.54, 1.807) is 0 Å². The third kappa shape index (κ3) is 4.99. The lowest BCUT2D eigenvalue weighted by atomic mass is 9.92. The van der Waals surface area contributed by atoms with Crippen LogP contribution in [-0.2, 0) is 17.6 Å². The fraction of sp³-hybridized carbons (Fsp3) is 0.400. The molecule has 1 fully saturated rings. The first-order chi connectivity index (χ1) is 14.9. The number of carbonyl (C=O) groups excluding carboxylic acids is 1. The van der Waals surface area contributed by atoms with Gasteiger partial charge in [-0.15, -0.1) is 0 Å². The molecule has 4 rings (SSSR count). The highest BCUT2D eigenvalue weighted by atomic mass is 35.5. The van der Waals surface area contributed by atoms with Gasteiger partial charge in [-0.05, 0) is 69.4 Å². The summed E-state index contributed by atoms with van der Waals surface area (Å²) in [6, 6.07) is 12.3. The van der Waals surface area contributed by atoms with Crippen molar-refractivity contribution in [3.63, 3.8) is 0 Å². The number of benzene rings is 1. The maximum atomic E-state index is 13.0. The van der Waals surface area contributed by atoms with Crippen LogP contribution in [0.2, 0.25) is 5.02 Å². The molecule has 31 heavy (non-hydrogen) atoms. The van der Waals surface area contributed by atoms with E-state index in [9.17, 15) is 4.79 Å². The first-order valence-electron chi connectivity index (χ1n) is 10.8. The predicted molar refractivity (Wildman–Crippen MR) is 121 cm³/mol. The van der Waals surface area contributed by atoms with Gasteiger partial charge in [-0.1, -0.05) is 35.0 Å². The molecule has 1 aromatic carbocycles. The third-order valence-electron chi connectivity index (χ3n) is 6.09. The molecule has 1 amide bonds. The van der Waals surface area contributed by atoms with Crippen LogP contribution in [0, 0.1) is 20.8 Å². The summed E-state index contributed by atoms with van der Waals surface area (Å²) in [7, 11) is 0. The molecule has 0 saturated carbocycles. The SMILES string of the molecule is Cc1cc(Cc2ccccc2Cl)cc(C2CCCN(C(=O)Cc3c(C)noc3C)C2)n1. The van der Waals surface area contributed by atoms with Gasteiger partial charge in [0, 0.05) is 41.0 Å². The van der Waals surface area contributed by atoms with Crippen LogP contribution in [0.4, 0.5) is 0 Å². The molecule has 0 bridgehead atoms. The van der Waals surface area contributed by atoms with Crippen molar-refractivity contribution >= 4 is 17.5 Å². The van der Waals surface area contributed by atoms with Gasteiger partial charge >= 0.3 is 0 Å². The zero-order valence-corrected chi connectivity index (χ0v) is 19.1. The molecule has 0 radical (unpaired) electrons. The van der Waals surface area contributed by atoms with E-state index < -0.39 is 0 Å². The van der Waals surface area contributed by atoms with Crippen molar-refractivity contribution in [2.45, 2.75) is 52.4 Å². The number of likely N-dealkylation sites (tertiary alicyclic amines) is 1. The number of hydrogen-bond acceptors (Lipinski definition) is 4. The maximum Gasteiger partial charge on any atom is 0.227 e. The average molecular weight is 438 g/mol. The number of piperidine rings is 1. The molecule has 3 aromatic rings. The monoisotopic (exact) mass is 437 g/mol. The standard InChI is InChI=1S/C25H28ClN3O2/c1-16-11-19(12-20-7-4-5-9-23(20)26)13-24(27-16)21-8-6-10-29(15-21)25(30)14-22-17(2)28-31-18(22)3/h4-5,7,9,11,13,21H,6,8,10,12,14-15H2,1-3H3. The summed E-state index contributed by atoms with van der Waals surface area (Å²) in [6.07, 6.45) is 3.13. The summed E-state index contributed by atoms with van der Waals surface area (Å²) in [5.74, 6) is 1.10. The second-order valence-electron chi connectivity index (χ2n) is 8.47. The molecule has 1 atom stereocenters. The van der Waals surface area contributed by atoms with Crippen LogP contribution < -0.4 is 0 Å². The lowest BCUT2D eigenvalue weighted by molar-refractivity contribution is -0.131. The molecular weight excluding hydrogens is 410 g/mol. The highest BCUT2D eigenvalue weighted by Gasteiger charge is 2.27. The number of aryl methyl sites for hydroxylation is 3. The van der Waals surface area contributed by atoms with Gasteiger partial charge in [-0.3, -0.25) is 9.78 Å². The summed E-state index contributed by atoms with van der Waals surface area (Å²) in [6.45, 7) is 7.26. The van der Waals surface area contributed by atoms with Gasteiger partial charge in [-0.25, -0.2) is 0 Å². The van der Waals surface area contributed by atoms with Crippen LogP contribution >= 0.6 is 11.6 Å². The normalized spacial score (nSPS) is 16.5. The Hall–Kier alpha value is -2.66. The molecule has 0 aliphatic carbocycles. The minimum atomic E-state index is 0.128. The molecule has 162 valence electrons. The predicted octanol–water partition coefficient (Wildman–Crippen LogP) is 5.19. The number of rotatable bonds is 5. The minimum absolute atomic E-state index is 0.128. The fourth-order valence-electron chi connectivity index (χ4n) is 4.40. The van der Waals surface area contributed by atoms with E-state index in [1.165, 1.54) is 5.56 Å². The first-order valence-corrected chi connectivity index (χ1v) is 11.2. The highest BCUT2D eigenvalue weighted by Crippen LogP contribution is 2.28. The third-order valence-corrected chi connectivity index (χ3v) is 6.46. The number of aromatic nitrogens is 2. The van der Waals surface area contributed by atoms with E-state index in [0.717, 1.165) is 64.8 Å². The molecule has 5 nitrogen and oxygen atoms in total. The molecule has 6 heteroatoms.